The Morgan fingerprint density at radius 3 is 2.37 bits per heavy atom. The number of carbonyl (C=O) groups is 1. The lowest BCUT2D eigenvalue weighted by Crippen LogP contribution is -2.34. The predicted octanol–water partition coefficient (Wildman–Crippen LogP) is 4.08. The van der Waals surface area contributed by atoms with Crippen LogP contribution in [0.25, 0.3) is 0 Å². The van der Waals surface area contributed by atoms with Gasteiger partial charge in [-0.3, -0.25) is 4.79 Å². The average molecular weight is 282 g/mol. The SMILES string of the molecule is Cc1cccc(C)c1C(=O)NCC(C)(C)CCCCl. The zero-order chi connectivity index (χ0) is 14.5. The van der Waals surface area contributed by atoms with Crippen molar-refractivity contribution in [3.63, 3.8) is 0 Å². The second-order valence-corrected chi connectivity index (χ2v) is 6.28. The normalized spacial score (nSPS) is 11.4. The van der Waals surface area contributed by atoms with Crippen molar-refractivity contribution in [3.05, 3.63) is 34.9 Å². The Morgan fingerprint density at radius 1 is 1.26 bits per heavy atom. The molecule has 0 saturated carbocycles. The molecule has 1 amide bonds. The second kappa shape index (κ2) is 6.95. The molecule has 0 unspecified atom stereocenters. The molecule has 1 aromatic carbocycles. The Morgan fingerprint density at radius 2 is 1.84 bits per heavy atom. The summed E-state index contributed by atoms with van der Waals surface area (Å²) >= 11 is 5.72. The van der Waals surface area contributed by atoms with Gasteiger partial charge in [-0.05, 0) is 43.2 Å². The van der Waals surface area contributed by atoms with Crippen LogP contribution in [0.3, 0.4) is 0 Å². The van der Waals surface area contributed by atoms with E-state index < -0.39 is 0 Å². The van der Waals surface area contributed by atoms with E-state index >= 15 is 0 Å². The molecule has 0 aromatic heterocycles. The topological polar surface area (TPSA) is 29.1 Å². The van der Waals surface area contributed by atoms with Crippen LogP contribution in [-0.4, -0.2) is 18.3 Å². The van der Waals surface area contributed by atoms with Crippen LogP contribution >= 0.6 is 11.6 Å². The maximum Gasteiger partial charge on any atom is 0.251 e. The van der Waals surface area contributed by atoms with Gasteiger partial charge in [0, 0.05) is 18.0 Å². The summed E-state index contributed by atoms with van der Waals surface area (Å²) in [6, 6.07) is 5.92. The van der Waals surface area contributed by atoms with E-state index in [1.54, 1.807) is 0 Å². The first kappa shape index (κ1) is 16.0. The van der Waals surface area contributed by atoms with Crippen LogP contribution < -0.4 is 5.32 Å². The Hall–Kier alpha value is -1.02. The standard InChI is InChI=1S/C16H24ClNO/c1-12-7-5-8-13(2)14(12)15(19)18-11-16(3,4)9-6-10-17/h5,7-8H,6,9-11H2,1-4H3,(H,18,19). The van der Waals surface area contributed by atoms with Gasteiger partial charge in [0.15, 0.2) is 0 Å². The molecule has 1 N–H and O–H groups in total. The molecule has 19 heavy (non-hydrogen) atoms. The minimum absolute atomic E-state index is 0.0227. The molecule has 0 aliphatic carbocycles. The van der Waals surface area contributed by atoms with Crippen LogP contribution in [0, 0.1) is 19.3 Å². The summed E-state index contributed by atoms with van der Waals surface area (Å²) in [4.78, 5) is 12.3. The van der Waals surface area contributed by atoms with Crippen LogP contribution in [0.5, 0.6) is 0 Å². The van der Waals surface area contributed by atoms with E-state index in [0.29, 0.717) is 12.4 Å². The minimum atomic E-state index is 0.0227. The molecule has 1 aromatic rings. The number of amides is 1. The van der Waals surface area contributed by atoms with Crippen LogP contribution in [0.4, 0.5) is 0 Å². The van der Waals surface area contributed by atoms with E-state index in [4.69, 9.17) is 11.6 Å². The van der Waals surface area contributed by atoms with E-state index in [0.717, 1.165) is 29.5 Å². The fourth-order valence-corrected chi connectivity index (χ4v) is 2.35. The monoisotopic (exact) mass is 281 g/mol. The molecule has 0 spiro atoms. The third-order valence-electron chi connectivity index (χ3n) is 3.42. The summed E-state index contributed by atoms with van der Waals surface area (Å²) in [5.41, 5.74) is 2.93. The van der Waals surface area contributed by atoms with Crippen molar-refractivity contribution in [2.24, 2.45) is 5.41 Å². The van der Waals surface area contributed by atoms with Gasteiger partial charge in [0.1, 0.15) is 0 Å². The number of rotatable bonds is 6. The molecule has 0 aliphatic heterocycles. The summed E-state index contributed by atoms with van der Waals surface area (Å²) in [7, 11) is 0. The molecule has 1 rings (SSSR count). The highest BCUT2D eigenvalue weighted by Crippen LogP contribution is 2.22. The highest BCUT2D eigenvalue weighted by molar-refractivity contribution is 6.17. The molecular weight excluding hydrogens is 258 g/mol. The number of hydrogen-bond acceptors (Lipinski definition) is 1. The number of benzene rings is 1. The van der Waals surface area contributed by atoms with Gasteiger partial charge < -0.3 is 5.32 Å². The molecule has 0 heterocycles. The minimum Gasteiger partial charge on any atom is -0.351 e. The summed E-state index contributed by atoms with van der Waals surface area (Å²) in [5.74, 6) is 0.698. The zero-order valence-corrected chi connectivity index (χ0v) is 13.1. The van der Waals surface area contributed by atoms with Crippen molar-refractivity contribution in [1.29, 1.82) is 0 Å². The van der Waals surface area contributed by atoms with E-state index in [-0.39, 0.29) is 11.3 Å². The molecule has 0 fully saturated rings. The lowest BCUT2D eigenvalue weighted by molar-refractivity contribution is 0.0933. The molecular formula is C16H24ClNO. The Balaban J connectivity index is 2.66. The molecule has 0 saturated heterocycles. The van der Waals surface area contributed by atoms with Crippen LogP contribution in [0.1, 0.15) is 48.2 Å². The Kier molecular flexibility index (Phi) is 5.86. The highest BCUT2D eigenvalue weighted by atomic mass is 35.5. The maximum absolute atomic E-state index is 12.3. The third-order valence-corrected chi connectivity index (χ3v) is 3.69. The predicted molar refractivity (Wildman–Crippen MR) is 82.0 cm³/mol. The van der Waals surface area contributed by atoms with Gasteiger partial charge in [0.05, 0.1) is 0 Å². The third kappa shape index (κ3) is 4.87. The molecule has 0 radical (unpaired) electrons. The van der Waals surface area contributed by atoms with Crippen molar-refractivity contribution in [2.45, 2.75) is 40.5 Å². The molecule has 2 nitrogen and oxygen atoms in total. The van der Waals surface area contributed by atoms with Crippen molar-refractivity contribution in [1.82, 2.24) is 5.32 Å². The molecule has 106 valence electrons. The number of hydrogen-bond donors (Lipinski definition) is 1. The zero-order valence-electron chi connectivity index (χ0n) is 12.3. The fraction of sp³-hybridized carbons (Fsp3) is 0.562. The van der Waals surface area contributed by atoms with E-state index in [1.807, 2.05) is 32.0 Å². The van der Waals surface area contributed by atoms with Gasteiger partial charge in [-0.15, -0.1) is 11.6 Å². The molecule has 3 heteroatoms. The lowest BCUT2D eigenvalue weighted by Gasteiger charge is -2.25. The Labute approximate surface area is 121 Å². The molecule has 0 bridgehead atoms. The van der Waals surface area contributed by atoms with E-state index in [1.165, 1.54) is 0 Å². The van der Waals surface area contributed by atoms with Crippen molar-refractivity contribution < 1.29 is 4.79 Å². The summed E-state index contributed by atoms with van der Waals surface area (Å²) in [6.45, 7) is 8.94. The summed E-state index contributed by atoms with van der Waals surface area (Å²) in [5, 5.41) is 3.05. The van der Waals surface area contributed by atoms with Crippen molar-refractivity contribution in [2.75, 3.05) is 12.4 Å². The molecule has 0 aliphatic rings. The fourth-order valence-electron chi connectivity index (χ4n) is 2.21. The second-order valence-electron chi connectivity index (χ2n) is 5.91. The van der Waals surface area contributed by atoms with Crippen molar-refractivity contribution >= 4 is 17.5 Å². The van der Waals surface area contributed by atoms with Crippen LogP contribution in [0.15, 0.2) is 18.2 Å². The first-order chi connectivity index (χ1) is 8.87. The van der Waals surface area contributed by atoms with Gasteiger partial charge in [-0.2, -0.15) is 0 Å². The van der Waals surface area contributed by atoms with E-state index in [2.05, 4.69) is 19.2 Å². The number of aryl methyl sites for hydroxylation is 2. The first-order valence-corrected chi connectivity index (χ1v) is 7.31. The average Bonchev–Trinajstić information content (AvgIpc) is 2.34. The first-order valence-electron chi connectivity index (χ1n) is 6.78. The van der Waals surface area contributed by atoms with Crippen LogP contribution in [-0.2, 0) is 0 Å². The summed E-state index contributed by atoms with van der Waals surface area (Å²) in [6.07, 6.45) is 2.00. The molecule has 0 atom stereocenters. The quantitative estimate of drug-likeness (QED) is 0.782. The lowest BCUT2D eigenvalue weighted by atomic mass is 9.88. The Bertz CT molecular complexity index is 420. The summed E-state index contributed by atoms with van der Waals surface area (Å²) < 4.78 is 0. The van der Waals surface area contributed by atoms with E-state index in [9.17, 15) is 4.79 Å². The van der Waals surface area contributed by atoms with Gasteiger partial charge in [0.2, 0.25) is 0 Å². The van der Waals surface area contributed by atoms with Gasteiger partial charge in [-0.1, -0.05) is 32.0 Å². The van der Waals surface area contributed by atoms with Crippen LogP contribution in [0.2, 0.25) is 0 Å². The number of carbonyl (C=O) groups excluding carboxylic acids is 1. The number of alkyl halides is 1. The number of halogens is 1. The smallest absolute Gasteiger partial charge is 0.251 e. The largest absolute Gasteiger partial charge is 0.351 e. The highest BCUT2D eigenvalue weighted by Gasteiger charge is 2.19. The van der Waals surface area contributed by atoms with Crippen molar-refractivity contribution in [3.8, 4) is 0 Å². The maximum atomic E-state index is 12.3. The van der Waals surface area contributed by atoms with Gasteiger partial charge in [-0.25, -0.2) is 0 Å². The van der Waals surface area contributed by atoms with Gasteiger partial charge in [0.25, 0.3) is 5.91 Å². The number of nitrogens with one attached hydrogen (secondary N) is 1. The van der Waals surface area contributed by atoms with Gasteiger partial charge >= 0.3 is 0 Å².